The molecule has 0 atom stereocenters. The minimum atomic E-state index is -4.04. The van der Waals surface area contributed by atoms with E-state index in [0.717, 1.165) is 12.1 Å². The Hall–Kier alpha value is -1.50. The summed E-state index contributed by atoms with van der Waals surface area (Å²) >= 11 is 9.43. The first kappa shape index (κ1) is 22.7. The predicted molar refractivity (Wildman–Crippen MR) is 117 cm³/mol. The first-order chi connectivity index (χ1) is 14.7. The van der Waals surface area contributed by atoms with E-state index in [0.29, 0.717) is 30.5 Å². The van der Waals surface area contributed by atoms with Gasteiger partial charge < -0.3 is 14.8 Å². The van der Waals surface area contributed by atoms with E-state index in [1.807, 2.05) is 0 Å². The summed E-state index contributed by atoms with van der Waals surface area (Å²) in [6, 6.07) is 6.79. The van der Waals surface area contributed by atoms with E-state index in [2.05, 4.69) is 26.0 Å². The number of piperidine rings is 1. The van der Waals surface area contributed by atoms with Crippen LogP contribution in [-0.2, 0) is 19.7 Å². The molecule has 2 aliphatic rings. The average molecular weight is 539 g/mol. The zero-order valence-electron chi connectivity index (χ0n) is 16.1. The van der Waals surface area contributed by atoms with Crippen molar-refractivity contribution in [3.8, 4) is 0 Å². The number of nitrogens with one attached hydrogen (secondary N) is 2. The summed E-state index contributed by atoms with van der Waals surface area (Å²) < 4.78 is 69.9. The maximum Gasteiger partial charge on any atom is 0.301 e. The molecule has 0 bridgehead atoms. The van der Waals surface area contributed by atoms with Gasteiger partial charge in [-0.3, -0.25) is 4.72 Å². The molecule has 168 valence electrons. The lowest BCUT2D eigenvalue weighted by Crippen LogP contribution is -2.48. The molecule has 2 saturated heterocycles. The first-order valence-corrected chi connectivity index (χ1v) is 12.1. The summed E-state index contributed by atoms with van der Waals surface area (Å²) in [5, 5.41) is 2.93. The largest absolute Gasteiger partial charge is 0.350 e. The molecule has 2 N–H and O–H groups in total. The van der Waals surface area contributed by atoms with Crippen LogP contribution < -0.4 is 10.0 Å². The van der Waals surface area contributed by atoms with Crippen molar-refractivity contribution in [1.29, 1.82) is 0 Å². The van der Waals surface area contributed by atoms with Crippen molar-refractivity contribution < 1.29 is 26.7 Å². The highest BCUT2D eigenvalue weighted by molar-refractivity contribution is 9.10. The number of ether oxygens (including phenoxy) is 2. The van der Waals surface area contributed by atoms with Gasteiger partial charge in [-0.1, -0.05) is 27.5 Å². The summed E-state index contributed by atoms with van der Waals surface area (Å²) in [6.45, 7) is 1.29. The van der Waals surface area contributed by atoms with Gasteiger partial charge in [-0.05, 0) is 30.3 Å². The molecular weight excluding hydrogens is 520 g/mol. The van der Waals surface area contributed by atoms with Crippen LogP contribution in [0.5, 0.6) is 0 Å². The highest BCUT2D eigenvalue weighted by Crippen LogP contribution is 2.36. The third-order valence-corrected chi connectivity index (χ3v) is 7.49. The fourth-order valence-electron chi connectivity index (χ4n) is 3.54. The third kappa shape index (κ3) is 4.81. The van der Waals surface area contributed by atoms with Gasteiger partial charge in [-0.2, -0.15) is 12.7 Å². The number of anilines is 3. The van der Waals surface area contributed by atoms with E-state index in [-0.39, 0.29) is 35.2 Å². The van der Waals surface area contributed by atoms with E-state index in [4.69, 9.17) is 21.1 Å². The van der Waals surface area contributed by atoms with E-state index in [1.54, 1.807) is 18.2 Å². The van der Waals surface area contributed by atoms with Gasteiger partial charge in [0.25, 0.3) is 0 Å². The maximum absolute atomic E-state index is 14.6. The highest BCUT2D eigenvalue weighted by Gasteiger charge is 2.42. The SMILES string of the molecule is O=S(=O)(Nc1ccc(F)c(F)c1Nc1ccc(Br)cc1Cl)N1CCC2(CC1)OCCO2. The molecular formula is C19H19BrClF2N3O4S. The molecule has 0 radical (unpaired) electrons. The minimum absolute atomic E-state index is 0.147. The second-order valence-corrected chi connectivity index (χ2v) is 10.1. The van der Waals surface area contributed by atoms with Crippen LogP contribution >= 0.6 is 27.5 Å². The summed E-state index contributed by atoms with van der Waals surface area (Å²) in [7, 11) is -4.04. The molecule has 0 aliphatic carbocycles. The summed E-state index contributed by atoms with van der Waals surface area (Å²) in [5.41, 5.74) is -0.236. The standard InChI is InChI=1S/C19H19BrClF2N3O4S/c20-12-1-3-15(13(21)11-12)24-18-16(4-2-14(22)17(18)23)25-31(27,28)26-7-5-19(6-8-26)29-9-10-30-19/h1-4,11,24-25H,5-10H2. The number of benzene rings is 2. The van der Waals surface area contributed by atoms with Crippen LogP contribution in [0.4, 0.5) is 25.8 Å². The Morgan fingerprint density at radius 2 is 1.71 bits per heavy atom. The van der Waals surface area contributed by atoms with Crippen LogP contribution in [0.3, 0.4) is 0 Å². The summed E-state index contributed by atoms with van der Waals surface area (Å²) in [6.07, 6.45) is 0.761. The van der Waals surface area contributed by atoms with Gasteiger partial charge in [0.1, 0.15) is 5.69 Å². The highest BCUT2D eigenvalue weighted by atomic mass is 79.9. The smallest absolute Gasteiger partial charge is 0.301 e. The maximum atomic E-state index is 14.6. The number of hydrogen-bond donors (Lipinski definition) is 2. The first-order valence-electron chi connectivity index (χ1n) is 9.45. The molecule has 0 unspecified atom stereocenters. The van der Waals surface area contributed by atoms with Crippen molar-refractivity contribution >= 4 is 54.8 Å². The lowest BCUT2D eigenvalue weighted by molar-refractivity contribution is -0.179. The number of rotatable bonds is 5. The van der Waals surface area contributed by atoms with Crippen LogP contribution in [0.2, 0.25) is 5.02 Å². The Bertz CT molecular complexity index is 1090. The van der Waals surface area contributed by atoms with Crippen LogP contribution in [0.1, 0.15) is 12.8 Å². The zero-order chi connectivity index (χ0) is 22.2. The van der Waals surface area contributed by atoms with Crippen molar-refractivity contribution in [2.45, 2.75) is 18.6 Å². The van der Waals surface area contributed by atoms with Crippen molar-refractivity contribution in [2.24, 2.45) is 0 Å². The normalized spacial score (nSPS) is 19.0. The van der Waals surface area contributed by atoms with Gasteiger partial charge in [-0.25, -0.2) is 8.78 Å². The van der Waals surface area contributed by atoms with Gasteiger partial charge in [0.2, 0.25) is 0 Å². The average Bonchev–Trinajstić information content (AvgIpc) is 3.17. The third-order valence-electron chi connectivity index (χ3n) is 5.16. The predicted octanol–water partition coefficient (Wildman–Crippen LogP) is 4.62. The Morgan fingerprint density at radius 3 is 2.35 bits per heavy atom. The molecule has 7 nitrogen and oxygen atoms in total. The molecule has 2 aliphatic heterocycles. The van der Waals surface area contributed by atoms with Gasteiger partial charge >= 0.3 is 10.2 Å². The number of halogens is 4. The zero-order valence-corrected chi connectivity index (χ0v) is 19.3. The molecule has 0 amide bonds. The molecule has 2 fully saturated rings. The van der Waals surface area contributed by atoms with Crippen molar-refractivity contribution in [1.82, 2.24) is 4.31 Å². The Morgan fingerprint density at radius 1 is 1.06 bits per heavy atom. The second-order valence-electron chi connectivity index (χ2n) is 7.15. The van der Waals surface area contributed by atoms with Gasteiger partial charge in [0.05, 0.1) is 29.6 Å². The quantitative estimate of drug-likeness (QED) is 0.581. The Kier molecular flexibility index (Phi) is 6.44. The van der Waals surface area contributed by atoms with Crippen LogP contribution in [0, 0.1) is 11.6 Å². The Labute approximate surface area is 192 Å². The van der Waals surface area contributed by atoms with E-state index < -0.39 is 27.6 Å². The lowest BCUT2D eigenvalue weighted by Gasteiger charge is -2.36. The fourth-order valence-corrected chi connectivity index (χ4v) is 5.50. The Balaban J connectivity index is 1.57. The molecule has 1 spiro atoms. The van der Waals surface area contributed by atoms with Crippen LogP contribution in [-0.4, -0.2) is 44.8 Å². The van der Waals surface area contributed by atoms with Crippen molar-refractivity contribution in [2.75, 3.05) is 36.3 Å². The topological polar surface area (TPSA) is 79.9 Å². The van der Waals surface area contributed by atoms with Crippen LogP contribution in [0.25, 0.3) is 0 Å². The molecule has 0 saturated carbocycles. The molecule has 4 rings (SSSR count). The number of nitrogens with zero attached hydrogens (tertiary/aromatic N) is 1. The van der Waals surface area contributed by atoms with Crippen molar-refractivity contribution in [3.63, 3.8) is 0 Å². The van der Waals surface area contributed by atoms with Gasteiger partial charge in [-0.15, -0.1) is 0 Å². The van der Waals surface area contributed by atoms with Gasteiger partial charge in [0, 0.05) is 30.4 Å². The molecule has 2 heterocycles. The number of hydrogen-bond acceptors (Lipinski definition) is 5. The minimum Gasteiger partial charge on any atom is -0.350 e. The van der Waals surface area contributed by atoms with E-state index in [1.165, 1.54) is 4.31 Å². The van der Waals surface area contributed by atoms with Crippen molar-refractivity contribution in [3.05, 3.63) is 51.5 Å². The summed E-state index contributed by atoms with van der Waals surface area (Å²) in [4.78, 5) is 0. The monoisotopic (exact) mass is 537 g/mol. The molecule has 2 aromatic carbocycles. The summed E-state index contributed by atoms with van der Waals surface area (Å²) in [5.74, 6) is -3.10. The molecule has 12 heteroatoms. The van der Waals surface area contributed by atoms with Crippen LogP contribution in [0.15, 0.2) is 34.8 Å². The van der Waals surface area contributed by atoms with Gasteiger partial charge in [0.15, 0.2) is 17.4 Å². The van der Waals surface area contributed by atoms with E-state index in [9.17, 15) is 17.2 Å². The molecule has 0 aromatic heterocycles. The van der Waals surface area contributed by atoms with E-state index >= 15 is 0 Å². The lowest BCUT2D eigenvalue weighted by atomic mass is 10.1. The molecule has 31 heavy (non-hydrogen) atoms. The molecule has 2 aromatic rings. The fraction of sp³-hybridized carbons (Fsp3) is 0.368. The second kappa shape index (κ2) is 8.80.